The lowest BCUT2D eigenvalue weighted by molar-refractivity contribution is -0.137. The maximum absolute atomic E-state index is 12.3. The molecule has 2 heterocycles. The third kappa shape index (κ3) is 4.18. The van der Waals surface area contributed by atoms with Gasteiger partial charge in [0.1, 0.15) is 0 Å². The van der Waals surface area contributed by atoms with E-state index < -0.39 is 0 Å². The Balaban J connectivity index is 1.77. The number of hydrogen-bond acceptors (Lipinski definition) is 3. The third-order valence-electron chi connectivity index (χ3n) is 4.40. The summed E-state index contributed by atoms with van der Waals surface area (Å²) in [5.41, 5.74) is 0. The normalized spacial score (nSPS) is 32.3. The molecule has 2 saturated heterocycles. The topological polar surface area (TPSA) is 41.6 Å². The number of nitrogens with zero attached hydrogens (tertiary/aromatic N) is 1. The molecular formula is C15H28N2O2. The summed E-state index contributed by atoms with van der Waals surface area (Å²) in [5.74, 6) is 0.832. The number of hydrogen-bond donors (Lipinski definition) is 1. The van der Waals surface area contributed by atoms with Gasteiger partial charge < -0.3 is 15.0 Å². The Kier molecular flexibility index (Phi) is 5.64. The highest BCUT2D eigenvalue weighted by Crippen LogP contribution is 2.20. The van der Waals surface area contributed by atoms with Gasteiger partial charge in [-0.15, -0.1) is 0 Å². The Hall–Kier alpha value is -0.610. The lowest BCUT2D eigenvalue weighted by atomic mass is 9.93. The first kappa shape index (κ1) is 14.8. The Bertz CT molecular complexity index is 290. The van der Waals surface area contributed by atoms with Crippen molar-refractivity contribution in [3.05, 3.63) is 0 Å². The fourth-order valence-corrected chi connectivity index (χ4v) is 3.23. The number of ether oxygens (including phenoxy) is 1. The van der Waals surface area contributed by atoms with E-state index in [1.807, 2.05) is 4.90 Å². The summed E-state index contributed by atoms with van der Waals surface area (Å²) in [5, 5.41) is 3.51. The molecule has 3 atom stereocenters. The second kappa shape index (κ2) is 7.25. The summed E-state index contributed by atoms with van der Waals surface area (Å²) < 4.78 is 5.67. The number of rotatable bonds is 4. The van der Waals surface area contributed by atoms with E-state index in [2.05, 4.69) is 19.2 Å². The van der Waals surface area contributed by atoms with Gasteiger partial charge in [-0.2, -0.15) is 0 Å². The van der Waals surface area contributed by atoms with Crippen molar-refractivity contribution in [3.63, 3.8) is 0 Å². The van der Waals surface area contributed by atoms with Gasteiger partial charge in [-0.3, -0.25) is 4.79 Å². The fraction of sp³-hybridized carbons (Fsp3) is 0.933. The highest BCUT2D eigenvalue weighted by Gasteiger charge is 2.29. The van der Waals surface area contributed by atoms with Crippen LogP contribution in [0.15, 0.2) is 0 Å². The zero-order valence-electron chi connectivity index (χ0n) is 12.4. The summed E-state index contributed by atoms with van der Waals surface area (Å²) in [6.07, 6.45) is 5.23. The van der Waals surface area contributed by atoms with Crippen LogP contribution < -0.4 is 5.32 Å². The largest absolute Gasteiger partial charge is 0.378 e. The number of likely N-dealkylation sites (tertiary alicyclic amines) is 1. The van der Waals surface area contributed by atoms with Crippen LogP contribution in [0.1, 0.15) is 46.0 Å². The molecule has 0 aromatic carbocycles. The van der Waals surface area contributed by atoms with Gasteiger partial charge in [0.05, 0.1) is 12.5 Å². The summed E-state index contributed by atoms with van der Waals surface area (Å²) in [6.45, 7) is 8.01. The predicted molar refractivity (Wildman–Crippen MR) is 76.0 cm³/mol. The van der Waals surface area contributed by atoms with E-state index in [0.29, 0.717) is 18.4 Å². The smallest absolute Gasteiger partial charge is 0.225 e. The first-order chi connectivity index (χ1) is 9.20. The van der Waals surface area contributed by atoms with Gasteiger partial charge in [0.15, 0.2) is 0 Å². The molecule has 0 radical (unpaired) electrons. The van der Waals surface area contributed by atoms with Crippen molar-refractivity contribution in [2.24, 2.45) is 5.92 Å². The molecule has 19 heavy (non-hydrogen) atoms. The zero-order valence-corrected chi connectivity index (χ0v) is 12.4. The number of amides is 1. The van der Waals surface area contributed by atoms with Crippen LogP contribution in [0.25, 0.3) is 0 Å². The molecule has 2 rings (SSSR count). The molecule has 1 amide bonds. The van der Waals surface area contributed by atoms with E-state index in [1.165, 1.54) is 6.42 Å². The minimum atomic E-state index is 0.169. The van der Waals surface area contributed by atoms with Gasteiger partial charge in [0.25, 0.3) is 0 Å². The summed E-state index contributed by atoms with van der Waals surface area (Å²) in [4.78, 5) is 14.3. The second-order valence-corrected chi connectivity index (χ2v) is 5.96. The lowest BCUT2D eigenvalue weighted by Gasteiger charge is -2.38. The monoisotopic (exact) mass is 268 g/mol. The van der Waals surface area contributed by atoms with Crippen molar-refractivity contribution in [2.45, 2.75) is 58.1 Å². The van der Waals surface area contributed by atoms with Crippen LogP contribution in [-0.4, -0.2) is 49.2 Å². The SMILES string of the molecule is CCNC1CCN(C(=O)CC2CCCCO2)CC1C. The lowest BCUT2D eigenvalue weighted by Crippen LogP contribution is -2.50. The molecular weight excluding hydrogens is 240 g/mol. The van der Waals surface area contributed by atoms with Gasteiger partial charge in [-0.05, 0) is 38.1 Å². The number of carbonyl (C=O) groups excluding carboxylic acids is 1. The van der Waals surface area contributed by atoms with Crippen molar-refractivity contribution in [1.29, 1.82) is 0 Å². The van der Waals surface area contributed by atoms with Crippen molar-refractivity contribution >= 4 is 5.91 Å². The molecule has 110 valence electrons. The van der Waals surface area contributed by atoms with Gasteiger partial charge in [0, 0.05) is 25.7 Å². The van der Waals surface area contributed by atoms with Crippen LogP contribution in [0, 0.1) is 5.92 Å². The molecule has 0 saturated carbocycles. The number of piperidine rings is 1. The van der Waals surface area contributed by atoms with E-state index in [4.69, 9.17) is 4.74 Å². The minimum absolute atomic E-state index is 0.169. The molecule has 4 heteroatoms. The van der Waals surface area contributed by atoms with Crippen LogP contribution in [0.4, 0.5) is 0 Å². The number of carbonyl (C=O) groups is 1. The van der Waals surface area contributed by atoms with E-state index in [0.717, 1.165) is 45.5 Å². The summed E-state index contributed by atoms with van der Waals surface area (Å²) in [6, 6.07) is 0.569. The summed E-state index contributed by atoms with van der Waals surface area (Å²) >= 11 is 0. The Morgan fingerprint density at radius 1 is 1.37 bits per heavy atom. The Labute approximate surface area is 116 Å². The van der Waals surface area contributed by atoms with E-state index in [1.54, 1.807) is 0 Å². The maximum Gasteiger partial charge on any atom is 0.225 e. The van der Waals surface area contributed by atoms with Crippen molar-refractivity contribution < 1.29 is 9.53 Å². The van der Waals surface area contributed by atoms with Gasteiger partial charge in [-0.1, -0.05) is 13.8 Å². The second-order valence-electron chi connectivity index (χ2n) is 5.96. The molecule has 0 bridgehead atoms. The van der Waals surface area contributed by atoms with Crippen molar-refractivity contribution in [2.75, 3.05) is 26.2 Å². The molecule has 1 N–H and O–H groups in total. The first-order valence-electron chi connectivity index (χ1n) is 7.83. The average Bonchev–Trinajstić information content (AvgIpc) is 2.42. The highest BCUT2D eigenvalue weighted by molar-refractivity contribution is 5.76. The van der Waals surface area contributed by atoms with Crippen molar-refractivity contribution in [3.8, 4) is 0 Å². The predicted octanol–water partition coefficient (Wildman–Crippen LogP) is 1.79. The summed E-state index contributed by atoms with van der Waals surface area (Å²) in [7, 11) is 0. The van der Waals surface area contributed by atoms with Crippen LogP contribution in [-0.2, 0) is 9.53 Å². The van der Waals surface area contributed by atoms with E-state index in [-0.39, 0.29) is 12.0 Å². The zero-order chi connectivity index (χ0) is 13.7. The first-order valence-corrected chi connectivity index (χ1v) is 7.83. The molecule has 2 aliphatic heterocycles. The van der Waals surface area contributed by atoms with E-state index in [9.17, 15) is 4.79 Å². The van der Waals surface area contributed by atoms with Crippen LogP contribution in [0.5, 0.6) is 0 Å². The van der Waals surface area contributed by atoms with Gasteiger partial charge in [0.2, 0.25) is 5.91 Å². The Morgan fingerprint density at radius 2 is 2.21 bits per heavy atom. The third-order valence-corrected chi connectivity index (χ3v) is 4.40. The Morgan fingerprint density at radius 3 is 2.84 bits per heavy atom. The molecule has 0 aliphatic carbocycles. The van der Waals surface area contributed by atoms with Crippen LogP contribution in [0.3, 0.4) is 0 Å². The van der Waals surface area contributed by atoms with Gasteiger partial charge in [-0.25, -0.2) is 0 Å². The molecule has 0 aromatic rings. The van der Waals surface area contributed by atoms with Crippen LogP contribution in [0.2, 0.25) is 0 Å². The van der Waals surface area contributed by atoms with Crippen LogP contribution >= 0.6 is 0 Å². The molecule has 0 aromatic heterocycles. The minimum Gasteiger partial charge on any atom is -0.378 e. The average molecular weight is 268 g/mol. The molecule has 2 fully saturated rings. The quantitative estimate of drug-likeness (QED) is 0.845. The van der Waals surface area contributed by atoms with Crippen molar-refractivity contribution in [1.82, 2.24) is 10.2 Å². The molecule has 0 spiro atoms. The maximum atomic E-state index is 12.3. The molecule has 3 unspecified atom stereocenters. The van der Waals surface area contributed by atoms with Gasteiger partial charge >= 0.3 is 0 Å². The standard InChI is InChI=1S/C15H28N2O2/c1-3-16-14-7-8-17(11-12(14)2)15(18)10-13-6-4-5-9-19-13/h12-14,16H,3-11H2,1-2H3. The number of nitrogens with one attached hydrogen (secondary N) is 1. The molecule has 2 aliphatic rings. The highest BCUT2D eigenvalue weighted by atomic mass is 16.5. The molecule has 4 nitrogen and oxygen atoms in total. The fourth-order valence-electron chi connectivity index (χ4n) is 3.23. The van der Waals surface area contributed by atoms with E-state index >= 15 is 0 Å².